The van der Waals surface area contributed by atoms with Crippen molar-refractivity contribution in [3.8, 4) is 0 Å². The van der Waals surface area contributed by atoms with Crippen LogP contribution in [0.5, 0.6) is 0 Å². The lowest BCUT2D eigenvalue weighted by Gasteiger charge is -2.25. The van der Waals surface area contributed by atoms with Crippen molar-refractivity contribution in [2.75, 3.05) is 18.4 Å². The first-order valence-corrected chi connectivity index (χ1v) is 8.03. The Hall–Kier alpha value is -2.13. The molecule has 3 nitrogen and oxygen atoms in total. The Bertz CT molecular complexity index is 666. The molecule has 0 saturated heterocycles. The highest BCUT2D eigenvalue weighted by Gasteiger charge is 2.21. The van der Waals surface area contributed by atoms with Crippen LogP contribution in [0.2, 0.25) is 0 Å². The fourth-order valence-electron chi connectivity index (χ4n) is 3.10. The van der Waals surface area contributed by atoms with Crippen LogP contribution in [0.3, 0.4) is 0 Å². The van der Waals surface area contributed by atoms with Gasteiger partial charge in [0.05, 0.1) is 6.54 Å². The number of nitrogens with one attached hydrogen (secondary N) is 2. The molecule has 3 heteroatoms. The van der Waals surface area contributed by atoms with Crippen LogP contribution in [0.1, 0.15) is 23.6 Å². The van der Waals surface area contributed by atoms with Crippen LogP contribution in [0, 0.1) is 0 Å². The molecule has 2 N–H and O–H groups in total. The fraction of sp³-hybridized carbons (Fsp3) is 0.316. The molecule has 0 aromatic heterocycles. The zero-order chi connectivity index (χ0) is 15.4. The topological polar surface area (TPSA) is 33.5 Å². The van der Waals surface area contributed by atoms with E-state index in [0.29, 0.717) is 6.54 Å². The maximum absolute atomic E-state index is 12.3. The van der Waals surface area contributed by atoms with Crippen LogP contribution in [-0.2, 0) is 24.2 Å². The van der Waals surface area contributed by atoms with Gasteiger partial charge < -0.3 is 10.2 Å². The highest BCUT2D eigenvalue weighted by atomic mass is 16.2. The molecule has 0 bridgehead atoms. The zero-order valence-electron chi connectivity index (χ0n) is 13.1. The predicted molar refractivity (Wildman–Crippen MR) is 89.0 cm³/mol. The molecule has 3 rings (SSSR count). The van der Waals surface area contributed by atoms with Gasteiger partial charge in [0.25, 0.3) is 5.91 Å². The van der Waals surface area contributed by atoms with E-state index in [1.165, 1.54) is 21.6 Å². The average Bonchev–Trinajstić information content (AvgIpc) is 2.55. The number of aryl methyl sites for hydroxylation is 1. The number of quaternary nitrogens is 1. The highest BCUT2D eigenvalue weighted by molar-refractivity contribution is 5.91. The lowest BCUT2D eigenvalue weighted by atomic mass is 10.00. The van der Waals surface area contributed by atoms with Gasteiger partial charge in [-0.15, -0.1) is 0 Å². The van der Waals surface area contributed by atoms with Crippen molar-refractivity contribution in [3.63, 3.8) is 0 Å². The minimum atomic E-state index is 0.0997. The minimum absolute atomic E-state index is 0.0997. The summed E-state index contributed by atoms with van der Waals surface area (Å²) in [6, 6.07) is 16.6. The van der Waals surface area contributed by atoms with E-state index in [0.717, 1.165) is 31.6 Å². The summed E-state index contributed by atoms with van der Waals surface area (Å²) in [6.07, 6.45) is 2.04. The minimum Gasteiger partial charge on any atom is -0.323 e. The number of hydrogen-bond acceptors (Lipinski definition) is 1. The second-order valence-corrected chi connectivity index (χ2v) is 5.97. The second-order valence-electron chi connectivity index (χ2n) is 5.97. The van der Waals surface area contributed by atoms with Crippen molar-refractivity contribution in [1.82, 2.24) is 0 Å². The Labute approximate surface area is 132 Å². The van der Waals surface area contributed by atoms with Gasteiger partial charge in [-0.3, -0.25) is 4.79 Å². The van der Waals surface area contributed by atoms with Gasteiger partial charge in [0.15, 0.2) is 6.54 Å². The molecule has 2 aromatic rings. The average molecular weight is 295 g/mol. The van der Waals surface area contributed by atoms with Crippen molar-refractivity contribution >= 4 is 11.6 Å². The van der Waals surface area contributed by atoms with Crippen molar-refractivity contribution in [3.05, 3.63) is 65.2 Å². The third kappa shape index (κ3) is 3.55. The quantitative estimate of drug-likeness (QED) is 0.886. The van der Waals surface area contributed by atoms with Gasteiger partial charge in [0.2, 0.25) is 0 Å². The molecule has 1 atom stereocenters. The first-order valence-electron chi connectivity index (χ1n) is 8.03. The normalized spacial score (nSPS) is 16.9. The summed E-state index contributed by atoms with van der Waals surface area (Å²) in [4.78, 5) is 13.6. The zero-order valence-corrected chi connectivity index (χ0v) is 13.1. The molecule has 1 heterocycles. The molecule has 0 saturated carbocycles. The molecule has 0 radical (unpaired) electrons. The van der Waals surface area contributed by atoms with Gasteiger partial charge in [0, 0.05) is 17.7 Å². The second kappa shape index (κ2) is 6.75. The van der Waals surface area contributed by atoms with E-state index in [9.17, 15) is 4.79 Å². The van der Waals surface area contributed by atoms with Crippen molar-refractivity contribution < 1.29 is 9.69 Å². The Balaban J connectivity index is 1.58. The van der Waals surface area contributed by atoms with Crippen LogP contribution in [-0.4, -0.2) is 19.0 Å². The van der Waals surface area contributed by atoms with E-state index in [1.807, 2.05) is 12.1 Å². The van der Waals surface area contributed by atoms with Crippen LogP contribution < -0.4 is 10.2 Å². The van der Waals surface area contributed by atoms with Gasteiger partial charge in [-0.1, -0.05) is 43.3 Å². The lowest BCUT2D eigenvalue weighted by molar-refractivity contribution is -0.907. The summed E-state index contributed by atoms with van der Waals surface area (Å²) in [6.45, 7) is 4.62. The molecule has 1 aliphatic heterocycles. The lowest BCUT2D eigenvalue weighted by Crippen LogP contribution is -3.12. The highest BCUT2D eigenvalue weighted by Crippen LogP contribution is 2.12. The maximum Gasteiger partial charge on any atom is 0.279 e. The van der Waals surface area contributed by atoms with Crippen LogP contribution in [0.4, 0.5) is 5.69 Å². The largest absolute Gasteiger partial charge is 0.323 e. The Morgan fingerprint density at radius 1 is 1.14 bits per heavy atom. The summed E-state index contributed by atoms with van der Waals surface area (Å²) in [5, 5.41) is 3.03. The molecule has 22 heavy (non-hydrogen) atoms. The first kappa shape index (κ1) is 14.8. The Kier molecular flexibility index (Phi) is 4.54. The number of carbonyl (C=O) groups excluding carboxylic acids is 1. The molecule has 2 aromatic carbocycles. The third-order valence-corrected chi connectivity index (χ3v) is 4.34. The summed E-state index contributed by atoms with van der Waals surface area (Å²) in [5.74, 6) is 0.0997. The monoisotopic (exact) mass is 295 g/mol. The SMILES string of the molecule is CCc1cccc(NC(=O)C[NH+]2CCc3ccccc3C2)c1. The van der Waals surface area contributed by atoms with E-state index in [4.69, 9.17) is 0 Å². The van der Waals surface area contributed by atoms with Gasteiger partial charge in [0.1, 0.15) is 6.54 Å². The van der Waals surface area contributed by atoms with Gasteiger partial charge in [-0.05, 0) is 29.7 Å². The maximum atomic E-state index is 12.3. The van der Waals surface area contributed by atoms with Crippen molar-refractivity contribution in [1.29, 1.82) is 0 Å². The molecule has 0 spiro atoms. The summed E-state index contributed by atoms with van der Waals surface area (Å²) < 4.78 is 0. The molecule has 1 aliphatic rings. The van der Waals surface area contributed by atoms with E-state index >= 15 is 0 Å². The molecule has 114 valence electrons. The van der Waals surface area contributed by atoms with Crippen molar-refractivity contribution in [2.24, 2.45) is 0 Å². The molecular weight excluding hydrogens is 272 g/mol. The number of anilines is 1. The fourth-order valence-corrected chi connectivity index (χ4v) is 3.10. The number of benzene rings is 2. The standard InChI is InChI=1S/C19H22N2O/c1-2-15-6-5-9-18(12-15)20-19(22)14-21-11-10-16-7-3-4-8-17(16)13-21/h3-9,12H,2,10-11,13-14H2,1H3,(H,20,22)/p+1. The summed E-state index contributed by atoms with van der Waals surface area (Å²) in [7, 11) is 0. The van der Waals surface area contributed by atoms with Gasteiger partial charge in [-0.2, -0.15) is 0 Å². The van der Waals surface area contributed by atoms with E-state index in [2.05, 4.69) is 48.6 Å². The first-order chi connectivity index (χ1) is 10.7. The number of hydrogen-bond donors (Lipinski definition) is 2. The Morgan fingerprint density at radius 3 is 2.77 bits per heavy atom. The van der Waals surface area contributed by atoms with Gasteiger partial charge >= 0.3 is 0 Å². The van der Waals surface area contributed by atoms with Gasteiger partial charge in [-0.25, -0.2) is 0 Å². The molecule has 1 amide bonds. The number of rotatable bonds is 4. The number of carbonyl (C=O) groups is 1. The number of amides is 1. The smallest absolute Gasteiger partial charge is 0.279 e. The predicted octanol–water partition coefficient (Wildman–Crippen LogP) is 1.83. The number of fused-ring (bicyclic) bond motifs is 1. The van der Waals surface area contributed by atoms with Crippen LogP contribution in [0.25, 0.3) is 0 Å². The van der Waals surface area contributed by atoms with E-state index < -0.39 is 0 Å². The van der Waals surface area contributed by atoms with Crippen molar-refractivity contribution in [2.45, 2.75) is 26.3 Å². The van der Waals surface area contributed by atoms with E-state index in [1.54, 1.807) is 0 Å². The Morgan fingerprint density at radius 2 is 1.95 bits per heavy atom. The van der Waals surface area contributed by atoms with E-state index in [-0.39, 0.29) is 5.91 Å². The van der Waals surface area contributed by atoms with Crippen LogP contribution in [0.15, 0.2) is 48.5 Å². The summed E-state index contributed by atoms with van der Waals surface area (Å²) >= 11 is 0. The molecule has 1 unspecified atom stereocenters. The molecule has 0 aliphatic carbocycles. The summed E-state index contributed by atoms with van der Waals surface area (Å²) in [5.41, 5.74) is 4.96. The molecular formula is C19H23N2O+. The third-order valence-electron chi connectivity index (χ3n) is 4.34. The van der Waals surface area contributed by atoms with Crippen LogP contribution >= 0.6 is 0 Å². The molecule has 0 fully saturated rings.